The summed E-state index contributed by atoms with van der Waals surface area (Å²) in [5, 5.41) is 126. The van der Waals surface area contributed by atoms with Crippen LogP contribution in [0.25, 0.3) is 53.2 Å². The Morgan fingerprint density at radius 3 is 0.945 bits per heavy atom. The number of ether oxygens (including phenoxy) is 2. The highest BCUT2D eigenvalue weighted by atomic mass is 19.4. The molecule has 692 valence electrons. The maximum atomic E-state index is 13.7. The third kappa shape index (κ3) is 29.2. The Bertz CT molecular complexity index is 5310. The molecule has 128 heavy (non-hydrogen) atoms. The number of carbonyl (C=O) groups excluding carboxylic acids is 2. The lowest BCUT2D eigenvalue weighted by Crippen LogP contribution is -2.66. The van der Waals surface area contributed by atoms with Crippen LogP contribution in [-0.2, 0) is 16.1 Å². The highest BCUT2D eigenvalue weighted by Gasteiger charge is 2.87. The summed E-state index contributed by atoms with van der Waals surface area (Å²) < 4.78 is 302. The summed E-state index contributed by atoms with van der Waals surface area (Å²) in [6, 6.07) is 35.5. The molecule has 0 aliphatic carbocycles. The van der Waals surface area contributed by atoms with Crippen molar-refractivity contribution in [1.29, 1.82) is 0 Å². The molecule has 0 aliphatic heterocycles. The average molecular weight is 1850 g/mol. The minimum Gasteiger partial charge on any atom is -0.508 e. The molecule has 0 saturated heterocycles. The van der Waals surface area contributed by atoms with E-state index in [0.29, 0.717) is 53.1 Å². The van der Waals surface area contributed by atoms with Gasteiger partial charge in [0.2, 0.25) is 0 Å². The molecule has 41 heteroatoms. The fourth-order valence-electron chi connectivity index (χ4n) is 8.73. The van der Waals surface area contributed by atoms with Crippen molar-refractivity contribution in [3.8, 4) is 74.7 Å². The molecular formula is C87H75F23O18. The topological polar surface area (TPSA) is 336 Å². The lowest BCUT2D eigenvalue weighted by Gasteiger charge is -2.37. The van der Waals surface area contributed by atoms with E-state index in [1.165, 1.54) is 111 Å². The van der Waals surface area contributed by atoms with Gasteiger partial charge in [-0.05, 0) is 154 Å². The Morgan fingerprint density at radius 1 is 0.297 bits per heavy atom. The number of phenols is 13. The zero-order valence-electron chi connectivity index (χ0n) is 65.9. The number of hydrogen-bond donors (Lipinski definition) is 14. The standard InChI is InChI=1S/C13H7F11O.C12H7F9O.2C10H10O3.C9H7F3O.C9H10O2.C8H8O3.2C8H8O2/c1-6(7-2-4-8(25)5-3-7)9(14,15)10(16,17)11(18,19)12(20,21)13(22,23)24;1-6(7-2-4-8(22)5-3-7)9(13,14)10(15,16)11(17,18)12(19,20)21;1-3-7-4-5-9(11)8(6-7)10(12)13-2;1-3-7-4-5-8(9(11)6-7)10(12)13-2;1-6(9(10,11)12)7-2-4-8(13)5-3-7;1-2-7-3-4-9(11)8(5-7)6-10;1-2-5-3-6(9)8(11)7(10)4-5;1-2-6-3-4-7(9)5-8(6)10;1-2-6-3-4-7(9)8(10)5-6/h2-5,25H,1H2;2-5,22H,1H2;2*3-6,11H,1H2,2H3;2-5,13H,1H2;2-5,10-11H,1,6H2;2-4,9-11H,1H2;2*2-5,9-10H,1H2. The lowest BCUT2D eigenvalue weighted by atomic mass is 9.90. The molecule has 0 heterocycles. The van der Waals surface area contributed by atoms with Gasteiger partial charge in [0, 0.05) is 28.3 Å². The maximum Gasteiger partial charge on any atom is 0.460 e. The monoisotopic (exact) mass is 1840 g/mol. The van der Waals surface area contributed by atoms with E-state index in [2.05, 4.69) is 68.7 Å². The predicted octanol–water partition coefficient (Wildman–Crippen LogP) is 23.4. The Labute approximate surface area is 711 Å². The van der Waals surface area contributed by atoms with E-state index in [1.807, 2.05) is 0 Å². The fraction of sp³-hybridized carbons (Fsp3) is 0.149. The number of halogens is 23. The number of rotatable bonds is 19. The second-order valence-corrected chi connectivity index (χ2v) is 24.8. The van der Waals surface area contributed by atoms with Crippen molar-refractivity contribution in [2.45, 2.75) is 66.6 Å². The summed E-state index contributed by atoms with van der Waals surface area (Å²) in [6.07, 6.45) is -9.10. The lowest BCUT2D eigenvalue weighted by molar-refractivity contribution is -0.415. The van der Waals surface area contributed by atoms with Gasteiger partial charge < -0.3 is 81.0 Å². The molecule has 0 amide bonds. The van der Waals surface area contributed by atoms with Gasteiger partial charge in [0.1, 0.15) is 57.1 Å². The number of esters is 2. The van der Waals surface area contributed by atoms with Gasteiger partial charge >= 0.3 is 71.9 Å². The van der Waals surface area contributed by atoms with Crippen molar-refractivity contribution in [3.63, 3.8) is 0 Å². The van der Waals surface area contributed by atoms with Crippen molar-refractivity contribution in [1.82, 2.24) is 0 Å². The van der Waals surface area contributed by atoms with E-state index < -0.39 is 117 Å². The van der Waals surface area contributed by atoms with Crippen LogP contribution >= 0.6 is 0 Å². The van der Waals surface area contributed by atoms with Crippen molar-refractivity contribution in [3.05, 3.63) is 302 Å². The van der Waals surface area contributed by atoms with Gasteiger partial charge in [0.15, 0.2) is 28.7 Å². The number of aliphatic hydroxyl groups is 1. The molecular weight excluding hydrogens is 1770 g/mol. The minimum atomic E-state index is -7.48. The summed E-state index contributed by atoms with van der Waals surface area (Å²) in [7, 11) is 2.53. The molecule has 9 aromatic carbocycles. The highest BCUT2D eigenvalue weighted by molar-refractivity contribution is 5.93. The summed E-state index contributed by atoms with van der Waals surface area (Å²) in [5.41, 5.74) is -1.64. The van der Waals surface area contributed by atoms with Crippen LogP contribution in [-0.4, -0.2) is 158 Å². The van der Waals surface area contributed by atoms with E-state index in [-0.39, 0.29) is 80.8 Å². The van der Waals surface area contributed by atoms with E-state index >= 15 is 0 Å². The zero-order chi connectivity index (χ0) is 99.2. The van der Waals surface area contributed by atoms with Crippen LogP contribution < -0.4 is 0 Å². The summed E-state index contributed by atoms with van der Waals surface area (Å²) in [6.45, 7) is 28.7. The number of aliphatic hydroxyl groups excluding tert-OH is 1. The predicted molar refractivity (Wildman–Crippen MR) is 429 cm³/mol. The Balaban J connectivity index is 0.000000734. The first-order chi connectivity index (χ1) is 58.7. The molecule has 0 atom stereocenters. The molecule has 0 aliphatic rings. The number of allylic oxidation sites excluding steroid dienone is 3. The first-order valence-corrected chi connectivity index (χ1v) is 34.4. The second kappa shape index (κ2) is 46.3. The van der Waals surface area contributed by atoms with Crippen LogP contribution in [0, 0.1) is 0 Å². The van der Waals surface area contributed by atoms with Crippen LogP contribution in [0.5, 0.6) is 74.7 Å². The maximum absolute atomic E-state index is 13.7. The van der Waals surface area contributed by atoms with E-state index in [4.69, 9.17) is 61.3 Å². The van der Waals surface area contributed by atoms with Gasteiger partial charge in [0.05, 0.1) is 26.4 Å². The first-order valence-electron chi connectivity index (χ1n) is 34.4. The highest BCUT2D eigenvalue weighted by Crippen LogP contribution is 2.60. The molecule has 0 spiro atoms. The van der Waals surface area contributed by atoms with Gasteiger partial charge in [0.25, 0.3) is 0 Å². The normalized spacial score (nSPS) is 11.4. The molecule has 0 bridgehead atoms. The average Bonchev–Trinajstić information content (AvgIpc) is 0.718. The Morgan fingerprint density at radius 2 is 0.609 bits per heavy atom. The molecule has 9 aromatic rings. The Kier molecular flexibility index (Phi) is 40.3. The number of benzene rings is 9. The largest absolute Gasteiger partial charge is 0.508 e. The van der Waals surface area contributed by atoms with Gasteiger partial charge in [-0.2, -0.15) is 101 Å². The third-order valence-electron chi connectivity index (χ3n) is 16.1. The zero-order valence-corrected chi connectivity index (χ0v) is 65.9. The van der Waals surface area contributed by atoms with Crippen molar-refractivity contribution in [2.75, 3.05) is 14.2 Å². The number of methoxy groups -OCH3 is 2. The summed E-state index contributed by atoms with van der Waals surface area (Å²) >= 11 is 0. The van der Waals surface area contributed by atoms with Crippen molar-refractivity contribution < 1.29 is 192 Å². The molecule has 0 unspecified atom stereocenters. The third-order valence-corrected chi connectivity index (χ3v) is 16.1. The quantitative estimate of drug-likeness (QED) is 0.0203. The van der Waals surface area contributed by atoms with E-state index in [0.717, 1.165) is 34.4 Å². The molecule has 14 N–H and O–H groups in total. The van der Waals surface area contributed by atoms with Crippen molar-refractivity contribution in [2.24, 2.45) is 0 Å². The number of alkyl halides is 23. The Hall–Kier alpha value is -14.7. The van der Waals surface area contributed by atoms with Gasteiger partial charge in [-0.1, -0.05) is 156 Å². The van der Waals surface area contributed by atoms with Crippen LogP contribution in [0.4, 0.5) is 101 Å². The van der Waals surface area contributed by atoms with Crippen LogP contribution in [0.15, 0.2) is 235 Å². The second-order valence-electron chi connectivity index (χ2n) is 24.8. The van der Waals surface area contributed by atoms with Crippen LogP contribution in [0.2, 0.25) is 0 Å². The number of aromatic hydroxyl groups is 13. The first kappa shape index (κ1) is 111. The smallest absolute Gasteiger partial charge is 0.460 e. The fourth-order valence-corrected chi connectivity index (χ4v) is 8.73. The van der Waals surface area contributed by atoms with E-state index in [1.54, 1.807) is 66.8 Å². The van der Waals surface area contributed by atoms with Gasteiger partial charge in [-0.3, -0.25) is 0 Å². The molecule has 0 fully saturated rings. The molecule has 9 rings (SSSR count). The van der Waals surface area contributed by atoms with Gasteiger partial charge in [-0.15, -0.1) is 0 Å². The van der Waals surface area contributed by atoms with Crippen LogP contribution in [0.1, 0.15) is 76.4 Å². The number of hydrogen-bond acceptors (Lipinski definition) is 18. The van der Waals surface area contributed by atoms with Crippen molar-refractivity contribution >= 4 is 65.1 Å². The number of carbonyl (C=O) groups is 2. The summed E-state index contributed by atoms with van der Waals surface area (Å²) in [5.74, 6) is -51.4. The molecule has 18 nitrogen and oxygen atoms in total. The number of phenolic OH excluding ortho intramolecular Hbond substituents is 12. The minimum absolute atomic E-state index is 0.0368. The SMILES string of the molecule is C=C(c1ccc(O)cc1)C(F)(F)C(F)(F)C(F)(F)C(F)(F)C(F)(F)F.C=C(c1ccc(O)cc1)C(F)(F)C(F)(F)C(F)(F)C(F)(F)F.C=C(c1ccc(O)cc1)C(F)(F)F.C=Cc1cc(O)c(O)c(O)c1.C=Cc1ccc(C(=O)OC)c(O)c1.C=Cc1ccc(O)c(C(=O)OC)c1.C=Cc1ccc(O)c(CO)c1.C=Cc1ccc(O)c(O)c1.C=Cc1ccc(O)cc1O. The van der Waals surface area contributed by atoms with Crippen LogP contribution in [0.3, 0.4) is 0 Å². The summed E-state index contributed by atoms with van der Waals surface area (Å²) in [4.78, 5) is 22.1. The molecule has 0 saturated carbocycles. The van der Waals surface area contributed by atoms with Gasteiger partial charge in [-0.25, -0.2) is 9.59 Å². The molecule has 0 radical (unpaired) electrons. The van der Waals surface area contributed by atoms with E-state index in [9.17, 15) is 121 Å². The molecule has 0 aromatic heterocycles.